The van der Waals surface area contributed by atoms with Gasteiger partial charge >= 0.3 is 0 Å². The third kappa shape index (κ3) is 5.80. The summed E-state index contributed by atoms with van der Waals surface area (Å²) >= 11 is 0. The zero-order chi connectivity index (χ0) is 26.7. The topological polar surface area (TPSA) is 242 Å². The fourth-order valence-corrected chi connectivity index (χ4v) is 4.36. The highest BCUT2D eigenvalue weighted by Crippen LogP contribution is 2.26. The molecule has 2 aromatic rings. The van der Waals surface area contributed by atoms with Gasteiger partial charge in [0.15, 0.2) is 18.2 Å². The second kappa shape index (κ2) is 11.9. The van der Waals surface area contributed by atoms with Crippen molar-refractivity contribution >= 4 is 22.5 Å². The SMILES string of the molecule is N[C@@H]1[C@@H](COC[C@@H]2O[C@H](C(=O)NNc3nncc4ccccc34)[C@@H](O)[C@H](O)[C@H]2O)[C@H](O)[C@@H](CO)O[C@H]1O. The van der Waals surface area contributed by atoms with Gasteiger partial charge in [-0.15, -0.1) is 5.10 Å². The van der Waals surface area contributed by atoms with Gasteiger partial charge in [0.2, 0.25) is 0 Å². The number of fused-ring (bicyclic) bond motifs is 1. The van der Waals surface area contributed by atoms with Gasteiger partial charge in [0, 0.05) is 16.7 Å². The minimum atomic E-state index is -1.75. The van der Waals surface area contributed by atoms with Crippen LogP contribution in [-0.4, -0.2) is 122 Å². The molecule has 2 saturated heterocycles. The molecule has 2 fully saturated rings. The number of aromatic nitrogens is 2. The Kier molecular flexibility index (Phi) is 8.81. The molecule has 3 heterocycles. The average molecular weight is 526 g/mol. The lowest BCUT2D eigenvalue weighted by molar-refractivity contribution is -0.248. The molecule has 0 aliphatic carbocycles. The molecule has 2 aliphatic heterocycles. The van der Waals surface area contributed by atoms with Gasteiger partial charge in [-0.2, -0.15) is 5.10 Å². The number of benzene rings is 1. The second-order valence-corrected chi connectivity index (χ2v) is 8.98. The Bertz CT molecular complexity index is 1060. The largest absolute Gasteiger partial charge is 0.394 e. The highest BCUT2D eigenvalue weighted by atomic mass is 16.6. The van der Waals surface area contributed by atoms with Crippen LogP contribution in [0, 0.1) is 5.92 Å². The van der Waals surface area contributed by atoms with Crippen LogP contribution in [0.3, 0.4) is 0 Å². The molecule has 0 bridgehead atoms. The Labute approximate surface area is 210 Å². The van der Waals surface area contributed by atoms with Gasteiger partial charge in [-0.1, -0.05) is 24.3 Å². The third-order valence-electron chi connectivity index (χ3n) is 6.58. The summed E-state index contributed by atoms with van der Waals surface area (Å²) in [5.41, 5.74) is 10.9. The molecule has 0 spiro atoms. The van der Waals surface area contributed by atoms with Gasteiger partial charge in [0.1, 0.15) is 30.5 Å². The number of rotatable bonds is 8. The summed E-state index contributed by atoms with van der Waals surface area (Å²) in [7, 11) is 0. The molecule has 4 rings (SSSR count). The average Bonchev–Trinajstić information content (AvgIpc) is 2.91. The molecule has 10 atom stereocenters. The molecule has 1 amide bonds. The molecular formula is C22H31N5O10. The van der Waals surface area contributed by atoms with Crippen LogP contribution in [0.2, 0.25) is 0 Å². The van der Waals surface area contributed by atoms with E-state index in [9.17, 15) is 35.4 Å². The summed E-state index contributed by atoms with van der Waals surface area (Å²) in [5, 5.41) is 69.8. The summed E-state index contributed by atoms with van der Waals surface area (Å²) in [6.07, 6.45) is -10.1. The van der Waals surface area contributed by atoms with Crippen molar-refractivity contribution < 1.29 is 49.6 Å². The van der Waals surface area contributed by atoms with Crippen molar-refractivity contribution in [3.05, 3.63) is 30.5 Å². The molecule has 37 heavy (non-hydrogen) atoms. The van der Waals surface area contributed by atoms with Crippen molar-refractivity contribution in [3.8, 4) is 0 Å². The number of aliphatic hydroxyl groups is 6. The Morgan fingerprint density at radius 1 is 1.00 bits per heavy atom. The number of anilines is 1. The quantitative estimate of drug-likeness (QED) is 0.149. The maximum atomic E-state index is 12.8. The van der Waals surface area contributed by atoms with E-state index < -0.39 is 73.5 Å². The number of hydrazine groups is 1. The molecule has 10 N–H and O–H groups in total. The highest BCUT2D eigenvalue weighted by Gasteiger charge is 2.47. The predicted octanol–water partition coefficient (Wildman–Crippen LogP) is -4.05. The first-order valence-corrected chi connectivity index (χ1v) is 11.6. The Balaban J connectivity index is 1.36. The van der Waals surface area contributed by atoms with Crippen LogP contribution in [0.1, 0.15) is 0 Å². The fourth-order valence-electron chi connectivity index (χ4n) is 4.36. The van der Waals surface area contributed by atoms with E-state index in [1.54, 1.807) is 18.3 Å². The Hall–Kier alpha value is -2.57. The summed E-state index contributed by atoms with van der Waals surface area (Å²) in [6, 6.07) is 6.15. The molecule has 1 aromatic heterocycles. The van der Waals surface area contributed by atoms with E-state index in [0.29, 0.717) is 5.39 Å². The van der Waals surface area contributed by atoms with E-state index in [-0.39, 0.29) is 19.0 Å². The zero-order valence-electron chi connectivity index (χ0n) is 19.6. The van der Waals surface area contributed by atoms with Gasteiger partial charge in [-0.25, -0.2) is 0 Å². The van der Waals surface area contributed by atoms with Crippen LogP contribution in [-0.2, 0) is 19.0 Å². The Morgan fingerprint density at radius 2 is 1.76 bits per heavy atom. The number of hydrogen-bond donors (Lipinski definition) is 9. The summed E-state index contributed by atoms with van der Waals surface area (Å²) in [6.45, 7) is -1.12. The van der Waals surface area contributed by atoms with Gasteiger partial charge < -0.3 is 50.6 Å². The number of nitrogens with two attached hydrogens (primary N) is 1. The predicted molar refractivity (Wildman–Crippen MR) is 124 cm³/mol. The minimum absolute atomic E-state index is 0.220. The zero-order valence-corrected chi connectivity index (χ0v) is 19.6. The van der Waals surface area contributed by atoms with Crippen molar-refractivity contribution in [1.29, 1.82) is 0 Å². The summed E-state index contributed by atoms with van der Waals surface area (Å²) < 4.78 is 16.1. The van der Waals surface area contributed by atoms with Gasteiger partial charge in [-0.05, 0) is 0 Å². The first-order chi connectivity index (χ1) is 17.7. The third-order valence-corrected chi connectivity index (χ3v) is 6.58. The van der Waals surface area contributed by atoms with Crippen LogP contribution < -0.4 is 16.6 Å². The maximum absolute atomic E-state index is 12.8. The number of ether oxygens (including phenoxy) is 3. The van der Waals surface area contributed by atoms with E-state index in [1.165, 1.54) is 0 Å². The number of nitrogens with one attached hydrogen (secondary N) is 2. The molecule has 15 heteroatoms. The molecule has 0 unspecified atom stereocenters. The Morgan fingerprint density at radius 3 is 2.51 bits per heavy atom. The van der Waals surface area contributed by atoms with Crippen molar-refractivity contribution in [2.24, 2.45) is 11.7 Å². The van der Waals surface area contributed by atoms with E-state index in [1.807, 2.05) is 12.1 Å². The lowest BCUT2D eigenvalue weighted by Crippen LogP contribution is -2.63. The second-order valence-electron chi connectivity index (χ2n) is 8.98. The molecule has 15 nitrogen and oxygen atoms in total. The van der Waals surface area contributed by atoms with Crippen molar-refractivity contribution in [2.45, 2.75) is 55.1 Å². The highest BCUT2D eigenvalue weighted by molar-refractivity contribution is 5.92. The smallest absolute Gasteiger partial charge is 0.270 e. The van der Waals surface area contributed by atoms with Crippen LogP contribution in [0.4, 0.5) is 5.82 Å². The summed E-state index contributed by atoms with van der Waals surface area (Å²) in [5.74, 6) is -1.44. The first kappa shape index (κ1) is 27.5. The number of aliphatic hydroxyl groups excluding tert-OH is 6. The number of carbonyl (C=O) groups is 1. The number of nitrogens with zero attached hydrogens (tertiary/aromatic N) is 2. The van der Waals surface area contributed by atoms with Gasteiger partial charge in [-0.3, -0.25) is 15.6 Å². The van der Waals surface area contributed by atoms with Crippen molar-refractivity contribution in [1.82, 2.24) is 15.6 Å². The number of amides is 1. The minimum Gasteiger partial charge on any atom is -0.394 e. The normalized spacial score (nSPS) is 36.3. The maximum Gasteiger partial charge on any atom is 0.270 e. The first-order valence-electron chi connectivity index (χ1n) is 11.6. The molecular weight excluding hydrogens is 494 g/mol. The monoisotopic (exact) mass is 525 g/mol. The van der Waals surface area contributed by atoms with E-state index in [4.69, 9.17) is 19.9 Å². The van der Waals surface area contributed by atoms with Crippen LogP contribution in [0.5, 0.6) is 0 Å². The molecule has 1 aromatic carbocycles. The van der Waals surface area contributed by atoms with Crippen LogP contribution in [0.15, 0.2) is 30.5 Å². The van der Waals surface area contributed by atoms with Crippen molar-refractivity contribution in [2.75, 3.05) is 25.2 Å². The standard InChI is InChI=1S/C22H31N5O10/c23-14-11(15(29)12(6-28)37-22(14)34)7-35-8-13-16(30)17(31)18(32)19(36-13)21(33)27-26-20-10-4-2-1-3-9(10)5-24-25-20/h1-5,11-19,22,28-32,34H,6-8,23H2,(H,25,26)(H,27,33)/t11-,12-,13+,14-,15+,16+,17-,18+,19+,22-/m1/s1. The summed E-state index contributed by atoms with van der Waals surface area (Å²) in [4.78, 5) is 12.8. The molecule has 204 valence electrons. The van der Waals surface area contributed by atoms with Crippen LogP contribution in [0.25, 0.3) is 10.8 Å². The van der Waals surface area contributed by atoms with E-state index in [2.05, 4.69) is 21.0 Å². The van der Waals surface area contributed by atoms with Gasteiger partial charge in [0.05, 0.1) is 38.2 Å². The van der Waals surface area contributed by atoms with E-state index in [0.717, 1.165) is 5.39 Å². The lowest BCUT2D eigenvalue weighted by atomic mass is 9.88. The van der Waals surface area contributed by atoms with Crippen molar-refractivity contribution in [3.63, 3.8) is 0 Å². The van der Waals surface area contributed by atoms with E-state index >= 15 is 0 Å². The fraction of sp³-hybridized carbons (Fsp3) is 0.591. The lowest BCUT2D eigenvalue weighted by Gasteiger charge is -2.42. The van der Waals surface area contributed by atoms with Crippen LogP contribution >= 0.6 is 0 Å². The molecule has 0 radical (unpaired) electrons. The number of hydrogen-bond acceptors (Lipinski definition) is 14. The molecule has 2 aliphatic rings. The number of carbonyl (C=O) groups excluding carboxylic acids is 1. The van der Waals surface area contributed by atoms with Gasteiger partial charge in [0.25, 0.3) is 5.91 Å². The molecule has 0 saturated carbocycles.